The molecular weight excluding hydrogens is 538 g/mol. The Bertz CT molecular complexity index is 1650. The Labute approximate surface area is 230 Å². The summed E-state index contributed by atoms with van der Waals surface area (Å²) >= 11 is 0. The van der Waals surface area contributed by atoms with Crippen molar-refractivity contribution < 1.29 is 27.3 Å². The maximum absolute atomic E-state index is 13.4. The fourth-order valence-electron chi connectivity index (χ4n) is 3.64. The van der Waals surface area contributed by atoms with Crippen LogP contribution in [0.15, 0.2) is 95.0 Å². The van der Waals surface area contributed by atoms with E-state index in [1.54, 1.807) is 51.1 Å². The van der Waals surface area contributed by atoms with E-state index in [-0.39, 0.29) is 26.9 Å². The summed E-state index contributed by atoms with van der Waals surface area (Å²) in [5.41, 5.74) is 1.29. The lowest BCUT2D eigenvalue weighted by Crippen LogP contribution is -2.27. The molecule has 0 spiro atoms. The summed E-state index contributed by atoms with van der Waals surface area (Å²) in [6, 6.07) is 18.5. The van der Waals surface area contributed by atoms with Gasteiger partial charge in [0.2, 0.25) is 0 Å². The molecule has 3 aromatic carbocycles. The second-order valence-electron chi connectivity index (χ2n) is 9.74. The van der Waals surface area contributed by atoms with Gasteiger partial charge < -0.3 is 10.1 Å². The number of carbonyl (C=O) groups is 2. The highest BCUT2D eigenvalue weighted by atomic mass is 32.2. The molecule has 4 rings (SSSR count). The Morgan fingerprint density at radius 3 is 2.05 bits per heavy atom. The molecule has 1 heterocycles. The Morgan fingerprint density at radius 2 is 1.45 bits per heavy atom. The van der Waals surface area contributed by atoms with E-state index in [1.807, 2.05) is 0 Å². The van der Waals surface area contributed by atoms with Crippen molar-refractivity contribution in [1.82, 2.24) is 4.98 Å². The van der Waals surface area contributed by atoms with Gasteiger partial charge in [-0.05, 0) is 92.6 Å². The number of pyridine rings is 1. The molecule has 4 aromatic rings. The molecule has 3 N–H and O–H groups in total. The largest absolute Gasteiger partial charge is 0.444 e. The van der Waals surface area contributed by atoms with Crippen molar-refractivity contribution in [2.24, 2.45) is 0 Å². The minimum atomic E-state index is -3.53. The highest BCUT2D eigenvalue weighted by Gasteiger charge is 2.20. The molecule has 0 bridgehead atoms. The number of hydrogen-bond acceptors (Lipinski definition) is 6. The zero-order valence-electron chi connectivity index (χ0n) is 21.8. The molecule has 0 saturated heterocycles. The molecule has 2 amide bonds. The molecule has 1 aromatic heterocycles. The van der Waals surface area contributed by atoms with Gasteiger partial charge in [-0.25, -0.2) is 27.5 Å². The average Bonchev–Trinajstić information content (AvgIpc) is 2.89. The number of benzene rings is 3. The van der Waals surface area contributed by atoms with Gasteiger partial charge in [0.05, 0.1) is 22.5 Å². The molecule has 1 atom stereocenters. The Kier molecular flexibility index (Phi) is 7.96. The second-order valence-corrected chi connectivity index (χ2v) is 11.7. The van der Waals surface area contributed by atoms with Crippen LogP contribution >= 0.6 is 0 Å². The van der Waals surface area contributed by atoms with Crippen molar-refractivity contribution in [3.8, 4) is 11.1 Å². The molecule has 0 saturated carbocycles. The monoisotopic (exact) mass is 564 g/mol. The Hall–Kier alpha value is -4.64. The van der Waals surface area contributed by atoms with Crippen molar-refractivity contribution in [2.45, 2.75) is 36.3 Å². The maximum atomic E-state index is 13.4. The van der Waals surface area contributed by atoms with E-state index < -0.39 is 39.0 Å². The highest BCUT2D eigenvalue weighted by molar-refractivity contribution is 7.92. The lowest BCUT2D eigenvalue weighted by Gasteiger charge is -2.21. The lowest BCUT2D eigenvalue weighted by atomic mass is 10.0. The number of amides is 2. The molecule has 0 aliphatic rings. The summed E-state index contributed by atoms with van der Waals surface area (Å²) in [4.78, 5) is 29.4. The van der Waals surface area contributed by atoms with Crippen LogP contribution < -0.4 is 10.6 Å². The summed E-state index contributed by atoms with van der Waals surface area (Å²) in [6.07, 6.45) is 0.162. The number of rotatable bonds is 6. The number of nitrogens with one attached hydrogen (secondary N) is 3. The first-order chi connectivity index (χ1) is 18.8. The first-order valence-corrected chi connectivity index (χ1v) is 13.6. The van der Waals surface area contributed by atoms with Crippen LogP contribution in [0.1, 0.15) is 31.1 Å². The number of ether oxygens (including phenoxy) is 1. The van der Waals surface area contributed by atoms with E-state index in [1.165, 1.54) is 42.5 Å². The van der Waals surface area contributed by atoms with E-state index in [0.717, 1.165) is 12.3 Å². The van der Waals surface area contributed by atoms with E-state index >= 15 is 0 Å². The molecule has 0 aliphatic carbocycles. The minimum Gasteiger partial charge on any atom is -0.444 e. The van der Waals surface area contributed by atoms with Crippen LogP contribution in [-0.2, 0) is 14.5 Å². The summed E-state index contributed by atoms with van der Waals surface area (Å²) in [5.74, 6) is -1.56. The normalized spacial score (nSPS) is 12.7. The minimum absolute atomic E-state index is 0.0914. The molecule has 206 valence electrons. The third-order valence-electron chi connectivity index (χ3n) is 5.52. The van der Waals surface area contributed by atoms with Gasteiger partial charge in [-0.3, -0.25) is 10.1 Å². The highest BCUT2D eigenvalue weighted by Crippen LogP contribution is 2.30. The zero-order chi connectivity index (χ0) is 29.1. The van der Waals surface area contributed by atoms with Gasteiger partial charge in [-0.1, -0.05) is 18.2 Å². The molecule has 40 heavy (non-hydrogen) atoms. The van der Waals surface area contributed by atoms with Crippen LogP contribution in [0.3, 0.4) is 0 Å². The predicted octanol–water partition coefficient (Wildman–Crippen LogP) is 7.09. The van der Waals surface area contributed by atoms with Gasteiger partial charge in [0, 0.05) is 5.56 Å². The number of anilines is 2. The van der Waals surface area contributed by atoms with Crippen LogP contribution in [0.2, 0.25) is 0 Å². The molecule has 1 unspecified atom stereocenters. The first-order valence-electron chi connectivity index (χ1n) is 12.0. The molecular formula is C29H26F2N4O4S. The number of hydrogen-bond donors (Lipinski definition) is 3. The fraction of sp³-hybridized carbons (Fsp3) is 0.138. The van der Waals surface area contributed by atoms with Gasteiger partial charge in [-0.15, -0.1) is 0 Å². The van der Waals surface area contributed by atoms with Gasteiger partial charge in [0.25, 0.3) is 5.91 Å². The first kappa shape index (κ1) is 28.4. The van der Waals surface area contributed by atoms with E-state index in [2.05, 4.69) is 15.6 Å². The van der Waals surface area contributed by atoms with Crippen LogP contribution in [0.5, 0.6) is 0 Å². The molecule has 0 radical (unpaired) electrons. The topological polar surface area (TPSA) is 121 Å². The smallest absolute Gasteiger partial charge is 0.412 e. The van der Waals surface area contributed by atoms with E-state index in [4.69, 9.17) is 9.52 Å². The number of halogens is 2. The maximum Gasteiger partial charge on any atom is 0.412 e. The number of carbonyl (C=O) groups excluding carboxylic acids is 2. The van der Waals surface area contributed by atoms with E-state index in [9.17, 15) is 22.6 Å². The molecule has 8 nitrogen and oxygen atoms in total. The third-order valence-corrected chi connectivity index (χ3v) is 7.29. The van der Waals surface area contributed by atoms with Gasteiger partial charge in [-0.2, -0.15) is 0 Å². The van der Waals surface area contributed by atoms with Crippen LogP contribution in [0, 0.1) is 16.4 Å². The zero-order valence-corrected chi connectivity index (χ0v) is 22.6. The van der Waals surface area contributed by atoms with Crippen LogP contribution in [-0.4, -0.2) is 26.8 Å². The summed E-state index contributed by atoms with van der Waals surface area (Å²) in [7, 11) is -3.53. The molecule has 11 heteroatoms. The Morgan fingerprint density at radius 1 is 0.825 bits per heavy atom. The van der Waals surface area contributed by atoms with E-state index in [0.29, 0.717) is 11.1 Å². The standard InChI is InChI=1S/C29H26F2N4O4S/c1-29(2,3)39-28(37)35-24-14-8-20(18-4-9-21(30)10-5-18)16-25(24)34-27(36)19-6-12-23(13-7-19)40(32,38)26-15-11-22(31)17-33-26/h4-17,32H,1-3H3,(H,34,36)(H,35,37). The van der Waals surface area contributed by atoms with Gasteiger partial charge in [0.15, 0.2) is 0 Å². The SMILES string of the molecule is CC(C)(C)OC(=O)Nc1ccc(-c2ccc(F)cc2)cc1NC(=O)c1ccc(S(=N)(=O)c2ccc(F)cn2)cc1. The third kappa shape index (κ3) is 6.86. The van der Waals surface area contributed by atoms with Crippen molar-refractivity contribution in [3.63, 3.8) is 0 Å². The van der Waals surface area contributed by atoms with Crippen molar-refractivity contribution >= 4 is 33.1 Å². The van der Waals surface area contributed by atoms with Gasteiger partial charge in [0.1, 0.15) is 32.0 Å². The van der Waals surface area contributed by atoms with Crippen molar-refractivity contribution in [1.29, 1.82) is 4.78 Å². The molecule has 0 fully saturated rings. The predicted molar refractivity (Wildman–Crippen MR) is 148 cm³/mol. The number of aromatic nitrogens is 1. The number of nitrogens with zero attached hydrogens (tertiary/aromatic N) is 1. The molecule has 0 aliphatic heterocycles. The van der Waals surface area contributed by atoms with Crippen molar-refractivity contribution in [3.05, 3.63) is 102 Å². The second kappa shape index (κ2) is 11.2. The average molecular weight is 565 g/mol. The lowest BCUT2D eigenvalue weighted by molar-refractivity contribution is 0.0635. The quantitative estimate of drug-likeness (QED) is 0.231. The van der Waals surface area contributed by atoms with Crippen LogP contribution in [0.4, 0.5) is 25.0 Å². The summed E-state index contributed by atoms with van der Waals surface area (Å²) in [6.45, 7) is 5.16. The van der Waals surface area contributed by atoms with Crippen molar-refractivity contribution in [2.75, 3.05) is 10.6 Å². The Balaban J connectivity index is 1.61. The van der Waals surface area contributed by atoms with Crippen LogP contribution in [0.25, 0.3) is 11.1 Å². The summed E-state index contributed by atoms with van der Waals surface area (Å²) < 4.78 is 53.3. The van der Waals surface area contributed by atoms with Gasteiger partial charge >= 0.3 is 6.09 Å². The summed E-state index contributed by atoms with van der Waals surface area (Å²) in [5, 5.41) is 5.28. The fourth-order valence-corrected chi connectivity index (χ4v) is 4.86.